The number of aliphatic hydroxyl groups is 1. The van der Waals surface area contributed by atoms with Crippen LogP contribution < -0.4 is 14.8 Å². The molecule has 0 aliphatic rings. The molecule has 116 valence electrons. The number of nitrogens with one attached hydrogen (secondary N) is 1. The quantitative estimate of drug-likeness (QED) is 0.719. The molecule has 1 unspecified atom stereocenters. The molecule has 1 amide bonds. The number of aliphatic hydroxyl groups excluding tert-OH is 1. The Morgan fingerprint density at radius 2 is 1.95 bits per heavy atom. The first-order valence-electron chi connectivity index (χ1n) is 7.09. The number of carbonyl (C=O) groups is 1. The highest BCUT2D eigenvalue weighted by atomic mass is 16.5. The Kier molecular flexibility index (Phi) is 7.32. The minimum absolute atomic E-state index is 0.0862. The summed E-state index contributed by atoms with van der Waals surface area (Å²) in [4.78, 5) is 11.6. The van der Waals surface area contributed by atoms with Crippen molar-refractivity contribution in [1.29, 1.82) is 0 Å². The van der Waals surface area contributed by atoms with Crippen LogP contribution in [0.3, 0.4) is 0 Å². The minimum atomic E-state index is -0.263. The maximum atomic E-state index is 11.6. The van der Waals surface area contributed by atoms with Crippen LogP contribution in [-0.2, 0) is 4.79 Å². The molecule has 0 aliphatic heterocycles. The third-order valence-electron chi connectivity index (χ3n) is 2.66. The van der Waals surface area contributed by atoms with Crippen LogP contribution >= 0.6 is 0 Å². The molecular formula is C16H23NO4. The lowest BCUT2D eigenvalue weighted by molar-refractivity contribution is -0.117. The zero-order valence-electron chi connectivity index (χ0n) is 12.8. The molecule has 1 aromatic rings. The van der Waals surface area contributed by atoms with Gasteiger partial charge in [0.05, 0.1) is 19.8 Å². The van der Waals surface area contributed by atoms with Crippen LogP contribution in [0.15, 0.2) is 24.3 Å². The van der Waals surface area contributed by atoms with Gasteiger partial charge in [-0.3, -0.25) is 4.79 Å². The van der Waals surface area contributed by atoms with E-state index in [2.05, 4.69) is 5.32 Å². The molecule has 0 heterocycles. The van der Waals surface area contributed by atoms with Crippen LogP contribution in [0.25, 0.3) is 6.08 Å². The van der Waals surface area contributed by atoms with E-state index in [1.807, 2.05) is 32.0 Å². The predicted octanol–water partition coefficient (Wildman–Crippen LogP) is 1.99. The molecule has 1 aromatic carbocycles. The third kappa shape index (κ3) is 5.87. The van der Waals surface area contributed by atoms with E-state index in [-0.39, 0.29) is 18.6 Å². The van der Waals surface area contributed by atoms with Crippen molar-refractivity contribution >= 4 is 12.0 Å². The fraction of sp³-hybridized carbons (Fsp3) is 0.438. The first kappa shape index (κ1) is 17.0. The van der Waals surface area contributed by atoms with Gasteiger partial charge in [-0.1, -0.05) is 6.07 Å². The lowest BCUT2D eigenvalue weighted by Crippen LogP contribution is -2.33. The van der Waals surface area contributed by atoms with Crippen LogP contribution in [0.1, 0.15) is 26.3 Å². The Bertz CT molecular complexity index is 485. The van der Waals surface area contributed by atoms with Crippen molar-refractivity contribution in [3.05, 3.63) is 29.8 Å². The van der Waals surface area contributed by atoms with Gasteiger partial charge in [0, 0.05) is 12.1 Å². The van der Waals surface area contributed by atoms with Gasteiger partial charge in [-0.25, -0.2) is 0 Å². The van der Waals surface area contributed by atoms with Gasteiger partial charge >= 0.3 is 0 Å². The zero-order chi connectivity index (χ0) is 15.7. The number of hydrogen-bond acceptors (Lipinski definition) is 4. The van der Waals surface area contributed by atoms with Gasteiger partial charge in [-0.05, 0) is 44.5 Å². The highest BCUT2D eigenvalue weighted by molar-refractivity contribution is 5.92. The van der Waals surface area contributed by atoms with E-state index in [4.69, 9.17) is 14.6 Å². The fourth-order valence-corrected chi connectivity index (χ4v) is 1.68. The molecule has 0 aliphatic carbocycles. The molecule has 5 heteroatoms. The maximum Gasteiger partial charge on any atom is 0.244 e. The zero-order valence-corrected chi connectivity index (χ0v) is 12.8. The van der Waals surface area contributed by atoms with E-state index in [1.165, 1.54) is 6.08 Å². The van der Waals surface area contributed by atoms with E-state index in [9.17, 15) is 4.79 Å². The van der Waals surface area contributed by atoms with Crippen molar-refractivity contribution in [3.8, 4) is 11.5 Å². The highest BCUT2D eigenvalue weighted by Crippen LogP contribution is 2.28. The van der Waals surface area contributed by atoms with Crippen LogP contribution in [0, 0.1) is 0 Å². The van der Waals surface area contributed by atoms with Crippen LogP contribution in [0.2, 0.25) is 0 Å². The SMILES string of the molecule is CCOc1ccc(/C=C/C(=O)NC(C)CO)cc1OCC. The predicted molar refractivity (Wildman–Crippen MR) is 82.5 cm³/mol. The second-order valence-electron chi connectivity index (χ2n) is 4.50. The number of rotatable bonds is 8. The lowest BCUT2D eigenvalue weighted by atomic mass is 10.2. The van der Waals surface area contributed by atoms with Gasteiger partial charge in [-0.15, -0.1) is 0 Å². The minimum Gasteiger partial charge on any atom is -0.490 e. The summed E-state index contributed by atoms with van der Waals surface area (Å²) >= 11 is 0. The van der Waals surface area contributed by atoms with Crippen LogP contribution in [0.4, 0.5) is 0 Å². The summed E-state index contributed by atoms with van der Waals surface area (Å²) in [5, 5.41) is 11.5. The average molecular weight is 293 g/mol. The van der Waals surface area contributed by atoms with Gasteiger partial charge in [-0.2, -0.15) is 0 Å². The van der Waals surface area contributed by atoms with E-state index in [1.54, 1.807) is 13.0 Å². The number of ether oxygens (including phenoxy) is 2. The normalized spacial score (nSPS) is 12.2. The van der Waals surface area contributed by atoms with Crippen molar-refractivity contribution in [2.45, 2.75) is 26.8 Å². The molecule has 0 aromatic heterocycles. The summed E-state index contributed by atoms with van der Waals surface area (Å²) in [5.74, 6) is 1.10. The molecule has 5 nitrogen and oxygen atoms in total. The van der Waals surface area contributed by atoms with Gasteiger partial charge in [0.1, 0.15) is 0 Å². The summed E-state index contributed by atoms with van der Waals surface area (Å²) in [6.45, 7) is 6.57. The molecule has 21 heavy (non-hydrogen) atoms. The van der Waals surface area contributed by atoms with Crippen molar-refractivity contribution in [2.24, 2.45) is 0 Å². The second kappa shape index (κ2) is 9.02. The van der Waals surface area contributed by atoms with Crippen molar-refractivity contribution in [2.75, 3.05) is 19.8 Å². The fourth-order valence-electron chi connectivity index (χ4n) is 1.68. The smallest absolute Gasteiger partial charge is 0.244 e. The first-order valence-corrected chi connectivity index (χ1v) is 7.09. The Hall–Kier alpha value is -2.01. The van der Waals surface area contributed by atoms with E-state index in [0.717, 1.165) is 5.56 Å². The third-order valence-corrected chi connectivity index (χ3v) is 2.66. The Morgan fingerprint density at radius 3 is 2.57 bits per heavy atom. The molecule has 0 saturated heterocycles. The number of hydrogen-bond donors (Lipinski definition) is 2. The first-order chi connectivity index (χ1) is 10.1. The van der Waals surface area contributed by atoms with Gasteiger partial charge in [0.25, 0.3) is 0 Å². The molecular weight excluding hydrogens is 270 g/mol. The Labute approximate surface area is 125 Å². The molecule has 0 fully saturated rings. The summed E-state index contributed by atoms with van der Waals surface area (Å²) in [7, 11) is 0. The van der Waals surface area contributed by atoms with Crippen LogP contribution in [-0.4, -0.2) is 36.9 Å². The Morgan fingerprint density at radius 1 is 1.29 bits per heavy atom. The second-order valence-corrected chi connectivity index (χ2v) is 4.50. The standard InChI is InChI=1S/C16H23NO4/c1-4-20-14-8-6-13(10-15(14)21-5-2)7-9-16(19)17-12(3)11-18/h6-10,12,18H,4-5,11H2,1-3H3,(H,17,19)/b9-7+. The topological polar surface area (TPSA) is 67.8 Å². The van der Waals surface area contributed by atoms with Gasteiger partial charge in [0.15, 0.2) is 11.5 Å². The summed E-state index contributed by atoms with van der Waals surface area (Å²) in [6.07, 6.45) is 3.12. The summed E-state index contributed by atoms with van der Waals surface area (Å²) < 4.78 is 11.0. The van der Waals surface area contributed by atoms with Gasteiger partial charge in [0.2, 0.25) is 5.91 Å². The van der Waals surface area contributed by atoms with E-state index in [0.29, 0.717) is 24.7 Å². The largest absolute Gasteiger partial charge is 0.490 e. The van der Waals surface area contributed by atoms with E-state index >= 15 is 0 Å². The molecule has 2 N–H and O–H groups in total. The van der Waals surface area contributed by atoms with Crippen molar-refractivity contribution < 1.29 is 19.4 Å². The summed E-state index contributed by atoms with van der Waals surface area (Å²) in [6, 6.07) is 5.24. The maximum absolute atomic E-state index is 11.6. The van der Waals surface area contributed by atoms with Crippen molar-refractivity contribution in [1.82, 2.24) is 5.32 Å². The molecule has 1 rings (SSSR count). The average Bonchev–Trinajstić information content (AvgIpc) is 2.47. The summed E-state index contributed by atoms with van der Waals surface area (Å²) in [5.41, 5.74) is 0.841. The Balaban J connectivity index is 2.79. The van der Waals surface area contributed by atoms with E-state index < -0.39 is 0 Å². The lowest BCUT2D eigenvalue weighted by Gasteiger charge is -2.11. The number of carbonyl (C=O) groups excluding carboxylic acids is 1. The number of benzene rings is 1. The van der Waals surface area contributed by atoms with Gasteiger partial charge < -0.3 is 19.9 Å². The molecule has 1 atom stereocenters. The van der Waals surface area contributed by atoms with Crippen molar-refractivity contribution in [3.63, 3.8) is 0 Å². The molecule has 0 spiro atoms. The molecule has 0 saturated carbocycles. The molecule has 0 radical (unpaired) electrons. The molecule has 0 bridgehead atoms. The highest BCUT2D eigenvalue weighted by Gasteiger charge is 2.06. The number of amides is 1. The van der Waals surface area contributed by atoms with Crippen LogP contribution in [0.5, 0.6) is 11.5 Å². The monoisotopic (exact) mass is 293 g/mol.